The predicted octanol–water partition coefficient (Wildman–Crippen LogP) is 8.53. The van der Waals surface area contributed by atoms with Crippen molar-refractivity contribution in [3.8, 4) is 0 Å². The van der Waals surface area contributed by atoms with Gasteiger partial charge >= 0.3 is 5.97 Å². The van der Waals surface area contributed by atoms with E-state index in [1.807, 2.05) is 26.2 Å². The van der Waals surface area contributed by atoms with Crippen molar-refractivity contribution in [1.82, 2.24) is 15.5 Å². The van der Waals surface area contributed by atoms with E-state index in [9.17, 15) is 14.7 Å². The molecule has 6 rings (SSSR count). The van der Waals surface area contributed by atoms with Gasteiger partial charge in [0.2, 0.25) is 5.91 Å². The van der Waals surface area contributed by atoms with Crippen LogP contribution in [-0.2, 0) is 4.79 Å². The van der Waals surface area contributed by atoms with E-state index in [1.54, 1.807) is 17.0 Å². The summed E-state index contributed by atoms with van der Waals surface area (Å²) in [4.78, 5) is 25.3. The van der Waals surface area contributed by atoms with Crippen molar-refractivity contribution in [3.05, 3.63) is 41.5 Å². The van der Waals surface area contributed by atoms with Gasteiger partial charge < -0.3 is 20.6 Å². The average molecular weight is 674 g/mol. The SMILES string of the molecule is CC(C)[C@@H]1CC[C@]2(NCCNCCC(=O)N(C)C)CC[C@]3(C)[C@H](CC[C@@H]4[C@@]5(C)CC=C(c6ccc(C(=O)O)cc6)C(C)(C)[C@@H]5CC[C@]43C)[C@@H]12. The number of nitrogens with zero attached hydrogens (tertiary/aromatic N) is 1. The molecule has 4 fully saturated rings. The molecule has 0 radical (unpaired) electrons. The highest BCUT2D eigenvalue weighted by molar-refractivity contribution is 5.88. The van der Waals surface area contributed by atoms with Crippen LogP contribution in [0.1, 0.15) is 129 Å². The van der Waals surface area contributed by atoms with Crippen LogP contribution in [0.4, 0.5) is 0 Å². The lowest BCUT2D eigenvalue weighted by Gasteiger charge is -2.72. The molecule has 0 spiro atoms. The maximum atomic E-state index is 12.0. The zero-order valence-corrected chi connectivity index (χ0v) is 32.3. The molecule has 1 aromatic carbocycles. The van der Waals surface area contributed by atoms with Crippen LogP contribution in [0.5, 0.6) is 0 Å². The molecule has 0 aromatic heterocycles. The van der Waals surface area contributed by atoms with Gasteiger partial charge in [0.25, 0.3) is 0 Å². The Balaban J connectivity index is 1.23. The first kappa shape index (κ1) is 36.6. The normalized spacial score (nSPS) is 39.3. The van der Waals surface area contributed by atoms with Gasteiger partial charge in [-0.25, -0.2) is 4.79 Å². The molecule has 9 atom stereocenters. The lowest BCUT2D eigenvalue weighted by molar-refractivity contribution is -0.221. The van der Waals surface area contributed by atoms with Gasteiger partial charge in [-0.2, -0.15) is 0 Å². The number of carbonyl (C=O) groups is 2. The number of fused-ring (bicyclic) bond motifs is 7. The fourth-order valence-electron chi connectivity index (χ4n) is 13.5. The first-order chi connectivity index (χ1) is 23.0. The summed E-state index contributed by atoms with van der Waals surface area (Å²) in [5.41, 5.74) is 4.15. The Hall–Kier alpha value is -2.18. The fraction of sp³-hybridized carbons (Fsp3) is 0.767. The third-order valence-electron chi connectivity index (χ3n) is 16.2. The van der Waals surface area contributed by atoms with Gasteiger partial charge in [0, 0.05) is 45.7 Å². The fourth-order valence-corrected chi connectivity index (χ4v) is 13.5. The van der Waals surface area contributed by atoms with E-state index in [-0.39, 0.29) is 22.3 Å². The van der Waals surface area contributed by atoms with E-state index in [2.05, 4.69) is 65.2 Å². The molecule has 5 aliphatic carbocycles. The molecule has 6 heteroatoms. The Morgan fingerprint density at radius 2 is 1.57 bits per heavy atom. The van der Waals surface area contributed by atoms with Gasteiger partial charge in [-0.3, -0.25) is 4.79 Å². The van der Waals surface area contributed by atoms with Crippen molar-refractivity contribution in [2.24, 2.45) is 57.2 Å². The molecular weight excluding hydrogens is 606 g/mol. The summed E-state index contributed by atoms with van der Waals surface area (Å²) < 4.78 is 0. The topological polar surface area (TPSA) is 81.7 Å². The number of nitrogens with one attached hydrogen (secondary N) is 2. The van der Waals surface area contributed by atoms with E-state index in [0.29, 0.717) is 40.6 Å². The molecule has 0 bridgehead atoms. The minimum absolute atomic E-state index is 0.0322. The number of hydrogen-bond acceptors (Lipinski definition) is 4. The largest absolute Gasteiger partial charge is 0.478 e. The Kier molecular flexibility index (Phi) is 9.79. The van der Waals surface area contributed by atoms with E-state index in [1.165, 1.54) is 62.5 Å². The Bertz CT molecular complexity index is 1430. The molecule has 0 heterocycles. The van der Waals surface area contributed by atoms with Gasteiger partial charge in [-0.15, -0.1) is 0 Å². The van der Waals surface area contributed by atoms with Crippen molar-refractivity contribution in [2.75, 3.05) is 33.7 Å². The van der Waals surface area contributed by atoms with Crippen molar-refractivity contribution >= 4 is 17.4 Å². The molecule has 0 unspecified atom stereocenters. The van der Waals surface area contributed by atoms with Crippen molar-refractivity contribution in [1.29, 1.82) is 0 Å². The van der Waals surface area contributed by atoms with Crippen LogP contribution in [-0.4, -0.2) is 61.2 Å². The molecule has 6 nitrogen and oxygen atoms in total. The minimum Gasteiger partial charge on any atom is -0.478 e. The summed E-state index contributed by atoms with van der Waals surface area (Å²) in [5, 5.41) is 17.3. The van der Waals surface area contributed by atoms with E-state index in [0.717, 1.165) is 43.8 Å². The van der Waals surface area contributed by atoms with Crippen LogP contribution in [0.3, 0.4) is 0 Å². The van der Waals surface area contributed by atoms with Gasteiger partial charge in [-0.05, 0) is 138 Å². The van der Waals surface area contributed by atoms with Gasteiger partial charge in [0.05, 0.1) is 5.56 Å². The standard InChI is InChI=1S/C43H67N3O3/c1-28(2)31-16-22-43(45-27-26-44-25-19-36(47)46(8)9)24-23-41(6)33(37(31)43)14-15-35-40(5)20-17-32(29-10-12-30(13-11-29)38(48)49)39(3,4)34(40)18-21-42(35,41)7/h10-13,17,28,31,33-35,37,44-45H,14-16,18-27H2,1-9H3,(H,48,49)/t31-,33+,34-,35+,37+,40-,41+,42+,43-/m0/s1. The van der Waals surface area contributed by atoms with E-state index in [4.69, 9.17) is 0 Å². The van der Waals surface area contributed by atoms with Crippen LogP contribution < -0.4 is 10.6 Å². The molecule has 3 N–H and O–H groups in total. The van der Waals surface area contributed by atoms with Gasteiger partial charge in [0.15, 0.2) is 0 Å². The van der Waals surface area contributed by atoms with Crippen LogP contribution in [0.15, 0.2) is 30.3 Å². The molecular formula is C43H67N3O3. The first-order valence-corrected chi connectivity index (χ1v) is 19.7. The van der Waals surface area contributed by atoms with E-state index < -0.39 is 5.97 Å². The number of aromatic carboxylic acids is 1. The third kappa shape index (κ3) is 5.83. The molecule has 5 aliphatic rings. The molecule has 4 saturated carbocycles. The zero-order valence-electron chi connectivity index (χ0n) is 32.3. The summed E-state index contributed by atoms with van der Waals surface area (Å²) in [6.07, 6.45) is 14.8. The quantitative estimate of drug-likeness (QED) is 0.217. The lowest BCUT2D eigenvalue weighted by atomic mass is 9.33. The summed E-state index contributed by atoms with van der Waals surface area (Å²) in [6, 6.07) is 7.63. The molecule has 0 saturated heterocycles. The lowest BCUT2D eigenvalue weighted by Crippen LogP contribution is -2.68. The highest BCUT2D eigenvalue weighted by Gasteiger charge is 2.70. The zero-order chi connectivity index (χ0) is 35.6. The number of carboxylic acid groups (broad SMARTS) is 1. The van der Waals surface area contributed by atoms with Crippen molar-refractivity contribution in [3.63, 3.8) is 0 Å². The summed E-state index contributed by atoms with van der Waals surface area (Å²) >= 11 is 0. The van der Waals surface area contributed by atoms with Gasteiger partial charge in [0.1, 0.15) is 0 Å². The van der Waals surface area contributed by atoms with Crippen molar-refractivity contribution in [2.45, 2.75) is 118 Å². The maximum Gasteiger partial charge on any atom is 0.335 e. The van der Waals surface area contributed by atoms with Crippen molar-refractivity contribution < 1.29 is 14.7 Å². The number of carbonyl (C=O) groups excluding carboxylic acids is 1. The Morgan fingerprint density at radius 3 is 2.22 bits per heavy atom. The number of benzene rings is 1. The highest BCUT2D eigenvalue weighted by atomic mass is 16.4. The molecule has 0 aliphatic heterocycles. The van der Waals surface area contributed by atoms with E-state index >= 15 is 0 Å². The molecule has 49 heavy (non-hydrogen) atoms. The average Bonchev–Trinajstić information content (AvgIpc) is 3.43. The smallest absolute Gasteiger partial charge is 0.335 e. The minimum atomic E-state index is -0.860. The molecule has 272 valence electrons. The predicted molar refractivity (Wildman–Crippen MR) is 200 cm³/mol. The third-order valence-corrected chi connectivity index (χ3v) is 16.2. The summed E-state index contributed by atoms with van der Waals surface area (Å²) in [7, 11) is 3.67. The highest BCUT2D eigenvalue weighted by Crippen LogP contribution is 2.76. The second-order valence-electron chi connectivity index (χ2n) is 18.9. The van der Waals surface area contributed by atoms with Crippen LogP contribution in [0.25, 0.3) is 5.57 Å². The number of allylic oxidation sites excluding steroid dienone is 2. The Labute approximate surface area is 297 Å². The first-order valence-electron chi connectivity index (χ1n) is 19.7. The molecule has 1 aromatic rings. The molecule has 1 amide bonds. The monoisotopic (exact) mass is 674 g/mol. The maximum absolute atomic E-state index is 12.0. The summed E-state index contributed by atoms with van der Waals surface area (Å²) in [5.74, 6) is 3.62. The van der Waals surface area contributed by atoms with Gasteiger partial charge in [-0.1, -0.05) is 66.7 Å². The number of rotatable bonds is 10. The second-order valence-corrected chi connectivity index (χ2v) is 18.9. The number of hydrogen-bond donors (Lipinski definition) is 3. The number of amides is 1. The van der Waals surface area contributed by atoms with Crippen LogP contribution in [0.2, 0.25) is 0 Å². The number of carboxylic acids is 1. The second kappa shape index (κ2) is 13.1. The Morgan fingerprint density at radius 1 is 0.857 bits per heavy atom. The van der Waals surface area contributed by atoms with Crippen LogP contribution in [0, 0.1) is 57.2 Å². The summed E-state index contributed by atoms with van der Waals surface area (Å²) in [6.45, 7) is 20.7. The van der Waals surface area contributed by atoms with Crippen LogP contribution >= 0.6 is 0 Å².